The van der Waals surface area contributed by atoms with Gasteiger partial charge in [0, 0.05) is 13.2 Å². The molecule has 0 saturated carbocycles. The Balaban J connectivity index is 3.49. The van der Waals surface area contributed by atoms with Gasteiger partial charge in [-0.2, -0.15) is 0 Å². The summed E-state index contributed by atoms with van der Waals surface area (Å²) < 4.78 is 11.7. The predicted molar refractivity (Wildman–Crippen MR) is 27.0 cm³/mol. The first kappa shape index (κ1) is 6.14. The monoisotopic (exact) mass is 102 g/mol. The smallest absolute Gasteiger partial charge is 0.156 e. The number of allylic oxidation sites excluding steroid dienone is 1. The molecular formula is C4H7FN2. The summed E-state index contributed by atoms with van der Waals surface area (Å²) in [5.41, 5.74) is 0. The molecular weight excluding hydrogens is 95.1 g/mol. The number of halogens is 1. The summed E-state index contributed by atoms with van der Waals surface area (Å²) in [6.45, 7) is 0. The Bertz CT molecular complexity index is 87.7. The lowest BCUT2D eigenvalue weighted by molar-refractivity contribution is 0.675. The van der Waals surface area contributed by atoms with Crippen LogP contribution in [0, 0.1) is 5.41 Å². The maximum Gasteiger partial charge on any atom is 0.156 e. The Morgan fingerprint density at radius 1 is 1.86 bits per heavy atom. The van der Waals surface area contributed by atoms with Gasteiger partial charge < -0.3 is 10.7 Å². The van der Waals surface area contributed by atoms with Gasteiger partial charge >= 0.3 is 0 Å². The van der Waals surface area contributed by atoms with Crippen LogP contribution in [0.15, 0.2) is 12.0 Å². The molecule has 0 fully saturated rings. The third-order valence-corrected chi connectivity index (χ3v) is 0.420. The average molecular weight is 102 g/mol. The van der Waals surface area contributed by atoms with E-state index in [9.17, 15) is 4.39 Å². The highest BCUT2D eigenvalue weighted by molar-refractivity contribution is 5.72. The molecule has 0 unspecified atom stereocenters. The summed E-state index contributed by atoms with van der Waals surface area (Å²) in [5, 5.41) is 8.73. The third kappa shape index (κ3) is 2.96. The Hall–Kier alpha value is -0.860. The molecule has 0 aliphatic rings. The minimum absolute atomic E-state index is 0.567. The zero-order valence-corrected chi connectivity index (χ0v) is 4.03. The lowest BCUT2D eigenvalue weighted by Gasteiger charge is -1.82. The van der Waals surface area contributed by atoms with Crippen molar-refractivity contribution < 1.29 is 4.39 Å². The third-order valence-electron chi connectivity index (χ3n) is 0.420. The Morgan fingerprint density at radius 3 is 2.57 bits per heavy atom. The van der Waals surface area contributed by atoms with E-state index in [0.717, 1.165) is 6.20 Å². The van der Waals surface area contributed by atoms with Crippen LogP contribution in [-0.2, 0) is 0 Å². The van der Waals surface area contributed by atoms with E-state index in [1.54, 1.807) is 7.05 Å². The van der Waals surface area contributed by atoms with E-state index < -0.39 is 5.83 Å². The van der Waals surface area contributed by atoms with E-state index >= 15 is 0 Å². The van der Waals surface area contributed by atoms with Gasteiger partial charge in [-0.15, -0.1) is 0 Å². The molecule has 0 bridgehead atoms. The highest BCUT2D eigenvalue weighted by atomic mass is 19.1. The lowest BCUT2D eigenvalue weighted by atomic mass is 10.6. The van der Waals surface area contributed by atoms with Gasteiger partial charge in [0.05, 0.1) is 6.21 Å². The second kappa shape index (κ2) is 3.33. The van der Waals surface area contributed by atoms with E-state index in [2.05, 4.69) is 5.32 Å². The average Bonchev–Trinajstić information content (AvgIpc) is 1.68. The molecule has 0 aliphatic carbocycles. The van der Waals surface area contributed by atoms with Gasteiger partial charge in [0.2, 0.25) is 0 Å². The summed E-state index contributed by atoms with van der Waals surface area (Å²) in [5.74, 6) is -0.567. The molecule has 0 saturated heterocycles. The van der Waals surface area contributed by atoms with Gasteiger partial charge in [-0.25, -0.2) is 4.39 Å². The number of nitrogens with one attached hydrogen (secondary N) is 2. The molecule has 0 radical (unpaired) electrons. The number of hydrogen-bond acceptors (Lipinski definition) is 2. The van der Waals surface area contributed by atoms with Crippen molar-refractivity contribution in [3.63, 3.8) is 0 Å². The molecule has 40 valence electrons. The summed E-state index contributed by atoms with van der Waals surface area (Å²) in [6, 6.07) is 0. The van der Waals surface area contributed by atoms with Crippen molar-refractivity contribution in [2.45, 2.75) is 0 Å². The lowest BCUT2D eigenvalue weighted by Crippen LogP contribution is -1.93. The zero-order chi connectivity index (χ0) is 5.70. The van der Waals surface area contributed by atoms with Crippen molar-refractivity contribution in [1.29, 1.82) is 5.41 Å². The number of hydrogen-bond donors (Lipinski definition) is 2. The number of rotatable bonds is 2. The van der Waals surface area contributed by atoms with E-state index in [0.29, 0.717) is 6.21 Å². The first-order chi connectivity index (χ1) is 3.31. The minimum atomic E-state index is -0.567. The molecule has 2 nitrogen and oxygen atoms in total. The molecule has 0 atom stereocenters. The molecule has 2 N–H and O–H groups in total. The SMILES string of the molecule is CN/C=C(/F)C=N. The van der Waals surface area contributed by atoms with Crippen molar-refractivity contribution in [3.05, 3.63) is 12.0 Å². The van der Waals surface area contributed by atoms with Gasteiger partial charge in [0.15, 0.2) is 5.83 Å². The summed E-state index contributed by atoms with van der Waals surface area (Å²) >= 11 is 0. The largest absolute Gasteiger partial charge is 0.392 e. The van der Waals surface area contributed by atoms with Crippen LogP contribution in [0.3, 0.4) is 0 Å². The van der Waals surface area contributed by atoms with Gasteiger partial charge in [0.1, 0.15) is 0 Å². The van der Waals surface area contributed by atoms with Crippen LogP contribution in [0.1, 0.15) is 0 Å². The van der Waals surface area contributed by atoms with Crippen LogP contribution < -0.4 is 5.32 Å². The topological polar surface area (TPSA) is 35.9 Å². The Kier molecular flexibility index (Phi) is 2.92. The fourth-order valence-electron chi connectivity index (χ4n) is 0.180. The molecule has 0 aromatic rings. The van der Waals surface area contributed by atoms with Crippen molar-refractivity contribution in [3.8, 4) is 0 Å². The second-order valence-electron chi connectivity index (χ2n) is 0.962. The normalized spacial score (nSPS) is 10.9. The fourth-order valence-corrected chi connectivity index (χ4v) is 0.180. The highest BCUT2D eigenvalue weighted by Gasteiger charge is 1.78. The van der Waals surface area contributed by atoms with E-state index in [4.69, 9.17) is 5.41 Å². The first-order valence-corrected chi connectivity index (χ1v) is 1.84. The molecule has 0 amide bonds. The molecule has 0 aromatic carbocycles. The minimum Gasteiger partial charge on any atom is -0.392 e. The molecule has 0 heterocycles. The van der Waals surface area contributed by atoms with Crippen molar-refractivity contribution in [1.82, 2.24) is 5.32 Å². The molecule has 0 rings (SSSR count). The molecule has 3 heteroatoms. The standard InChI is InChI=1S/C4H7FN2/c1-7-3-4(5)2-6/h2-3,6-7H,1H3/b4-3+,6-2?. The van der Waals surface area contributed by atoms with Crippen LogP contribution >= 0.6 is 0 Å². The van der Waals surface area contributed by atoms with Crippen molar-refractivity contribution in [2.24, 2.45) is 0 Å². The zero-order valence-electron chi connectivity index (χ0n) is 4.03. The van der Waals surface area contributed by atoms with Gasteiger partial charge in [0.25, 0.3) is 0 Å². The van der Waals surface area contributed by atoms with Crippen molar-refractivity contribution >= 4 is 6.21 Å². The second-order valence-corrected chi connectivity index (χ2v) is 0.962. The summed E-state index contributed by atoms with van der Waals surface area (Å²) in [6.07, 6.45) is 1.74. The van der Waals surface area contributed by atoms with E-state index in [-0.39, 0.29) is 0 Å². The van der Waals surface area contributed by atoms with Crippen LogP contribution in [0.25, 0.3) is 0 Å². The quantitative estimate of drug-likeness (QED) is 0.494. The van der Waals surface area contributed by atoms with Gasteiger partial charge in [-0.1, -0.05) is 0 Å². The van der Waals surface area contributed by atoms with Gasteiger partial charge in [-0.3, -0.25) is 0 Å². The first-order valence-electron chi connectivity index (χ1n) is 1.84. The van der Waals surface area contributed by atoms with E-state index in [1.165, 1.54) is 0 Å². The van der Waals surface area contributed by atoms with Gasteiger partial charge in [-0.05, 0) is 0 Å². The molecule has 7 heavy (non-hydrogen) atoms. The van der Waals surface area contributed by atoms with Crippen molar-refractivity contribution in [2.75, 3.05) is 7.05 Å². The molecule has 0 aliphatic heterocycles. The van der Waals surface area contributed by atoms with Crippen LogP contribution in [0.2, 0.25) is 0 Å². The maximum atomic E-state index is 11.7. The van der Waals surface area contributed by atoms with Crippen LogP contribution in [0.4, 0.5) is 4.39 Å². The molecule has 0 aromatic heterocycles. The summed E-state index contributed by atoms with van der Waals surface area (Å²) in [7, 11) is 1.57. The fraction of sp³-hybridized carbons (Fsp3) is 0.250. The molecule has 0 spiro atoms. The predicted octanol–water partition coefficient (Wildman–Crippen LogP) is 0.666. The van der Waals surface area contributed by atoms with E-state index in [1.807, 2.05) is 0 Å². The summed E-state index contributed by atoms with van der Waals surface area (Å²) in [4.78, 5) is 0. The highest BCUT2D eigenvalue weighted by Crippen LogP contribution is 1.83. The Labute approximate surface area is 41.5 Å². The van der Waals surface area contributed by atoms with Crippen LogP contribution in [-0.4, -0.2) is 13.3 Å². The Morgan fingerprint density at radius 2 is 2.43 bits per heavy atom. The van der Waals surface area contributed by atoms with Crippen LogP contribution in [0.5, 0.6) is 0 Å². The maximum absolute atomic E-state index is 11.7.